The zero-order valence-electron chi connectivity index (χ0n) is 12.3. The van der Waals surface area contributed by atoms with E-state index in [1.165, 1.54) is 5.56 Å². The molecule has 1 aliphatic rings. The summed E-state index contributed by atoms with van der Waals surface area (Å²) in [6.45, 7) is 4.88. The van der Waals surface area contributed by atoms with E-state index in [0.29, 0.717) is 12.5 Å². The van der Waals surface area contributed by atoms with Gasteiger partial charge in [0.2, 0.25) is 0 Å². The first-order chi connectivity index (χ1) is 9.58. The molecule has 1 unspecified atom stereocenters. The molecule has 1 amide bonds. The third kappa shape index (κ3) is 3.73. The number of carbonyl (C=O) groups excluding carboxylic acids is 1. The highest BCUT2D eigenvalue weighted by atomic mass is 16.5. The average molecular weight is 276 g/mol. The topological polar surface area (TPSA) is 64.3 Å². The van der Waals surface area contributed by atoms with E-state index in [4.69, 9.17) is 10.5 Å². The van der Waals surface area contributed by atoms with E-state index in [1.54, 1.807) is 0 Å². The Labute approximate surface area is 120 Å². The van der Waals surface area contributed by atoms with Crippen molar-refractivity contribution in [3.8, 4) is 5.75 Å². The molecule has 0 spiro atoms. The number of hydrogen-bond donors (Lipinski definition) is 2. The second kappa shape index (κ2) is 6.75. The van der Waals surface area contributed by atoms with Crippen molar-refractivity contribution < 1.29 is 9.53 Å². The molecular formula is C16H24N2O2. The smallest absolute Gasteiger partial charge is 0.257 e. The van der Waals surface area contributed by atoms with Crippen LogP contribution in [0.5, 0.6) is 5.75 Å². The van der Waals surface area contributed by atoms with Gasteiger partial charge < -0.3 is 15.8 Å². The van der Waals surface area contributed by atoms with Gasteiger partial charge in [0, 0.05) is 12.6 Å². The number of hydrogen-bond acceptors (Lipinski definition) is 3. The van der Waals surface area contributed by atoms with Gasteiger partial charge in [-0.3, -0.25) is 4.79 Å². The van der Waals surface area contributed by atoms with Crippen molar-refractivity contribution in [2.75, 3.05) is 13.2 Å². The molecular weight excluding hydrogens is 252 g/mol. The number of benzene rings is 1. The Morgan fingerprint density at radius 1 is 1.50 bits per heavy atom. The minimum absolute atomic E-state index is 0.0679. The van der Waals surface area contributed by atoms with E-state index in [1.807, 2.05) is 12.1 Å². The monoisotopic (exact) mass is 276 g/mol. The summed E-state index contributed by atoms with van der Waals surface area (Å²) in [5.74, 6) is 1.18. The highest BCUT2D eigenvalue weighted by Crippen LogP contribution is 2.33. The average Bonchev–Trinajstić information content (AvgIpc) is 2.43. The lowest BCUT2D eigenvalue weighted by atomic mass is 9.88. The number of rotatable bonds is 5. The van der Waals surface area contributed by atoms with Crippen LogP contribution in [0.2, 0.25) is 0 Å². The second-order valence-electron chi connectivity index (χ2n) is 5.81. The van der Waals surface area contributed by atoms with Gasteiger partial charge in [-0.25, -0.2) is 0 Å². The van der Waals surface area contributed by atoms with Gasteiger partial charge in [-0.15, -0.1) is 0 Å². The summed E-state index contributed by atoms with van der Waals surface area (Å²) in [6.07, 6.45) is 3.08. The van der Waals surface area contributed by atoms with Gasteiger partial charge in [-0.2, -0.15) is 0 Å². The fraction of sp³-hybridized carbons (Fsp3) is 0.562. The molecule has 1 aromatic carbocycles. The van der Waals surface area contributed by atoms with Gasteiger partial charge in [-0.1, -0.05) is 26.0 Å². The lowest BCUT2D eigenvalue weighted by molar-refractivity contribution is -0.123. The van der Waals surface area contributed by atoms with E-state index in [-0.39, 0.29) is 18.6 Å². The molecule has 20 heavy (non-hydrogen) atoms. The molecule has 4 heteroatoms. The molecule has 0 radical (unpaired) electrons. The van der Waals surface area contributed by atoms with Gasteiger partial charge in [0.25, 0.3) is 5.91 Å². The van der Waals surface area contributed by atoms with Crippen molar-refractivity contribution >= 4 is 5.91 Å². The van der Waals surface area contributed by atoms with Gasteiger partial charge in [0.05, 0.1) is 0 Å². The van der Waals surface area contributed by atoms with Crippen LogP contribution >= 0.6 is 0 Å². The van der Waals surface area contributed by atoms with Crippen LogP contribution in [0.4, 0.5) is 0 Å². The maximum atomic E-state index is 11.7. The lowest BCUT2D eigenvalue weighted by Crippen LogP contribution is -2.32. The molecule has 0 heterocycles. The summed E-state index contributed by atoms with van der Waals surface area (Å²) in [5.41, 5.74) is 8.45. The number of amides is 1. The molecule has 1 aromatic rings. The predicted octanol–water partition coefficient (Wildman–Crippen LogP) is 2.17. The quantitative estimate of drug-likeness (QED) is 0.866. The Morgan fingerprint density at radius 2 is 2.30 bits per heavy atom. The van der Waals surface area contributed by atoms with Crippen LogP contribution in [0.15, 0.2) is 18.2 Å². The van der Waals surface area contributed by atoms with Crippen LogP contribution in [0.1, 0.15) is 43.9 Å². The molecule has 0 fully saturated rings. The maximum absolute atomic E-state index is 11.7. The molecule has 0 bridgehead atoms. The molecule has 1 aliphatic carbocycles. The normalized spacial score (nSPS) is 17.7. The van der Waals surface area contributed by atoms with Crippen molar-refractivity contribution in [2.24, 2.45) is 11.7 Å². The first-order valence-electron chi connectivity index (χ1n) is 7.34. The van der Waals surface area contributed by atoms with Crippen LogP contribution in [0.3, 0.4) is 0 Å². The summed E-state index contributed by atoms with van der Waals surface area (Å²) in [4.78, 5) is 11.7. The number of ether oxygens (including phenoxy) is 1. The van der Waals surface area contributed by atoms with Crippen LogP contribution < -0.4 is 15.8 Å². The Balaban J connectivity index is 1.97. The van der Waals surface area contributed by atoms with E-state index in [2.05, 4.69) is 25.2 Å². The minimum Gasteiger partial charge on any atom is -0.483 e. The van der Waals surface area contributed by atoms with Crippen molar-refractivity contribution in [1.82, 2.24) is 5.32 Å². The molecule has 1 atom stereocenters. The fourth-order valence-corrected chi connectivity index (χ4v) is 2.50. The summed E-state index contributed by atoms with van der Waals surface area (Å²) in [7, 11) is 0. The van der Waals surface area contributed by atoms with Crippen molar-refractivity contribution in [2.45, 2.75) is 39.2 Å². The first-order valence-corrected chi connectivity index (χ1v) is 7.34. The highest BCUT2D eigenvalue weighted by molar-refractivity contribution is 5.77. The number of carbonyl (C=O) groups is 1. The molecule has 4 nitrogen and oxygen atoms in total. The summed E-state index contributed by atoms with van der Waals surface area (Å²) in [6, 6.07) is 6.03. The van der Waals surface area contributed by atoms with Crippen LogP contribution in [0.25, 0.3) is 0 Å². The van der Waals surface area contributed by atoms with Crippen LogP contribution in [0, 0.1) is 5.92 Å². The minimum atomic E-state index is -0.0728. The Hall–Kier alpha value is -1.55. The molecule has 3 N–H and O–H groups in total. The van der Waals surface area contributed by atoms with E-state index < -0.39 is 0 Å². The predicted molar refractivity (Wildman–Crippen MR) is 79.7 cm³/mol. The number of fused-ring (bicyclic) bond motifs is 1. The third-order valence-corrected chi connectivity index (χ3v) is 3.58. The van der Waals surface area contributed by atoms with Gasteiger partial charge >= 0.3 is 0 Å². The standard InChI is InChI=1S/C16H24N2O2/c1-11(2)9-18-16(19)10-20-15-8-4-5-12-13(15)6-3-7-14(12)17/h4-5,8,11,14H,3,6-7,9-10,17H2,1-2H3,(H,18,19). The molecule has 0 saturated carbocycles. The zero-order valence-corrected chi connectivity index (χ0v) is 12.3. The maximum Gasteiger partial charge on any atom is 0.257 e. The summed E-state index contributed by atoms with van der Waals surface area (Å²) >= 11 is 0. The zero-order chi connectivity index (χ0) is 14.5. The van der Waals surface area contributed by atoms with Gasteiger partial charge in [0.15, 0.2) is 6.61 Å². The van der Waals surface area contributed by atoms with Crippen molar-refractivity contribution in [1.29, 1.82) is 0 Å². The molecule has 0 aromatic heterocycles. The van der Waals surface area contributed by atoms with Crippen LogP contribution in [-0.2, 0) is 11.2 Å². The van der Waals surface area contributed by atoms with E-state index >= 15 is 0 Å². The third-order valence-electron chi connectivity index (χ3n) is 3.58. The summed E-state index contributed by atoms with van der Waals surface area (Å²) < 4.78 is 5.68. The molecule has 0 aliphatic heterocycles. The molecule has 110 valence electrons. The van der Waals surface area contributed by atoms with Gasteiger partial charge in [-0.05, 0) is 42.4 Å². The van der Waals surface area contributed by atoms with E-state index in [9.17, 15) is 4.79 Å². The Morgan fingerprint density at radius 3 is 3.05 bits per heavy atom. The lowest BCUT2D eigenvalue weighted by Gasteiger charge is -2.24. The summed E-state index contributed by atoms with van der Waals surface area (Å²) in [5, 5.41) is 2.85. The Kier molecular flexibility index (Phi) is 5.01. The fourth-order valence-electron chi connectivity index (χ4n) is 2.50. The van der Waals surface area contributed by atoms with Crippen molar-refractivity contribution in [3.05, 3.63) is 29.3 Å². The second-order valence-corrected chi connectivity index (χ2v) is 5.81. The largest absolute Gasteiger partial charge is 0.483 e. The first kappa shape index (κ1) is 14.9. The highest BCUT2D eigenvalue weighted by Gasteiger charge is 2.20. The van der Waals surface area contributed by atoms with Crippen molar-refractivity contribution in [3.63, 3.8) is 0 Å². The molecule has 0 saturated heterocycles. The van der Waals surface area contributed by atoms with Crippen LogP contribution in [-0.4, -0.2) is 19.1 Å². The Bertz CT molecular complexity index is 472. The number of nitrogens with one attached hydrogen (secondary N) is 1. The SMILES string of the molecule is CC(C)CNC(=O)COc1cccc2c1CCCC2N. The van der Waals surface area contributed by atoms with Gasteiger partial charge in [0.1, 0.15) is 5.75 Å². The van der Waals surface area contributed by atoms with E-state index in [0.717, 1.165) is 30.6 Å². The molecule has 2 rings (SSSR count). The number of nitrogens with two attached hydrogens (primary N) is 1.